The fraction of sp³-hybridized carbons (Fsp3) is 0.769. The molecule has 1 aromatic rings. The molecule has 1 unspecified atom stereocenters. The number of hydrogen-bond donors (Lipinski definition) is 1. The molecule has 96 valence electrons. The Morgan fingerprint density at radius 1 is 1.35 bits per heavy atom. The van der Waals surface area contributed by atoms with Crippen LogP contribution in [0.3, 0.4) is 0 Å². The third kappa shape index (κ3) is 4.13. The highest BCUT2D eigenvalue weighted by atomic mass is 15.2. The average molecular weight is 236 g/mol. The van der Waals surface area contributed by atoms with Crippen molar-refractivity contribution in [3.05, 3.63) is 18.0 Å². The van der Waals surface area contributed by atoms with Gasteiger partial charge >= 0.3 is 0 Å². The van der Waals surface area contributed by atoms with E-state index in [4.69, 9.17) is 0 Å². The first-order valence-corrected chi connectivity index (χ1v) is 6.63. The van der Waals surface area contributed by atoms with E-state index >= 15 is 0 Å². The molecule has 2 rings (SSSR count). The summed E-state index contributed by atoms with van der Waals surface area (Å²) in [5, 5.41) is 7.87. The second kappa shape index (κ2) is 6.17. The van der Waals surface area contributed by atoms with E-state index in [0.29, 0.717) is 6.04 Å². The first kappa shape index (κ1) is 12.6. The first-order valence-electron chi connectivity index (χ1n) is 6.63. The largest absolute Gasteiger partial charge is 0.314 e. The number of nitrogens with one attached hydrogen (secondary N) is 1. The van der Waals surface area contributed by atoms with E-state index in [0.717, 1.165) is 13.0 Å². The Hall–Kier alpha value is -0.870. The maximum absolute atomic E-state index is 4.19. The number of likely N-dealkylation sites (tertiary alicyclic amines) is 1. The molecule has 1 aliphatic rings. The lowest BCUT2D eigenvalue weighted by molar-refractivity contribution is 0.344. The molecule has 2 heterocycles. The lowest BCUT2D eigenvalue weighted by Crippen LogP contribution is -2.31. The summed E-state index contributed by atoms with van der Waals surface area (Å²) < 4.78 is 1.87. The average Bonchev–Trinajstić information content (AvgIpc) is 2.59. The summed E-state index contributed by atoms with van der Waals surface area (Å²) >= 11 is 0. The molecule has 1 aliphatic heterocycles. The third-order valence-electron chi connectivity index (χ3n) is 3.56. The van der Waals surface area contributed by atoms with Crippen molar-refractivity contribution < 1.29 is 0 Å². The minimum Gasteiger partial charge on any atom is -0.314 e. The van der Waals surface area contributed by atoms with Crippen molar-refractivity contribution in [1.29, 1.82) is 0 Å². The van der Waals surface area contributed by atoms with Gasteiger partial charge in [-0.15, -0.1) is 0 Å². The van der Waals surface area contributed by atoms with Crippen LogP contribution in [0.2, 0.25) is 0 Å². The second-order valence-electron chi connectivity index (χ2n) is 5.16. The van der Waals surface area contributed by atoms with Gasteiger partial charge in [-0.1, -0.05) is 0 Å². The van der Waals surface area contributed by atoms with Gasteiger partial charge in [-0.25, -0.2) is 0 Å². The van der Waals surface area contributed by atoms with Crippen LogP contribution >= 0.6 is 0 Å². The molecule has 0 bridgehead atoms. The molecule has 4 nitrogen and oxygen atoms in total. The number of aromatic nitrogens is 2. The van der Waals surface area contributed by atoms with E-state index in [1.807, 2.05) is 17.9 Å². The molecule has 1 aromatic heterocycles. The molecule has 1 N–H and O–H groups in total. The van der Waals surface area contributed by atoms with Crippen molar-refractivity contribution >= 4 is 0 Å². The van der Waals surface area contributed by atoms with E-state index in [-0.39, 0.29) is 0 Å². The van der Waals surface area contributed by atoms with Crippen molar-refractivity contribution in [2.45, 2.75) is 31.7 Å². The highest BCUT2D eigenvalue weighted by Gasteiger charge is 2.13. The van der Waals surface area contributed by atoms with Gasteiger partial charge in [-0.05, 0) is 57.9 Å². The minimum atomic E-state index is 0.705. The Morgan fingerprint density at radius 2 is 2.24 bits per heavy atom. The van der Waals surface area contributed by atoms with Crippen LogP contribution in [-0.2, 0) is 13.5 Å². The summed E-state index contributed by atoms with van der Waals surface area (Å²) in [6.45, 7) is 3.55. The fourth-order valence-electron chi connectivity index (χ4n) is 2.47. The highest BCUT2D eigenvalue weighted by molar-refractivity contribution is 5.03. The van der Waals surface area contributed by atoms with Gasteiger partial charge in [-0.3, -0.25) is 4.68 Å². The smallest absolute Gasteiger partial charge is 0.0522 e. The number of aryl methyl sites for hydroxylation is 1. The van der Waals surface area contributed by atoms with Crippen molar-refractivity contribution in [3.63, 3.8) is 0 Å². The van der Waals surface area contributed by atoms with Crippen LogP contribution < -0.4 is 5.32 Å². The van der Waals surface area contributed by atoms with E-state index in [2.05, 4.69) is 28.6 Å². The van der Waals surface area contributed by atoms with E-state index in [1.54, 1.807) is 0 Å². The van der Waals surface area contributed by atoms with Gasteiger partial charge in [-0.2, -0.15) is 5.10 Å². The normalized spacial score (nSPS) is 22.6. The monoisotopic (exact) mass is 236 g/mol. The highest BCUT2D eigenvalue weighted by Crippen LogP contribution is 2.09. The summed E-state index contributed by atoms with van der Waals surface area (Å²) in [5.74, 6) is 0. The topological polar surface area (TPSA) is 33.1 Å². The van der Waals surface area contributed by atoms with E-state index in [9.17, 15) is 0 Å². The second-order valence-corrected chi connectivity index (χ2v) is 5.16. The standard InChI is InChI=1S/C13H24N4/c1-16-8-3-4-13(6-9-16)14-7-5-12-10-15-17(2)11-12/h10-11,13-14H,3-9H2,1-2H3. The molecule has 0 amide bonds. The predicted molar refractivity (Wildman–Crippen MR) is 70.1 cm³/mol. The summed E-state index contributed by atoms with van der Waals surface area (Å²) in [7, 11) is 4.19. The molecular formula is C13H24N4. The molecule has 1 saturated heterocycles. The molecule has 0 saturated carbocycles. The van der Waals surface area contributed by atoms with Gasteiger partial charge in [0.15, 0.2) is 0 Å². The Labute approximate surface area is 104 Å². The number of nitrogens with zero attached hydrogens (tertiary/aromatic N) is 3. The molecule has 0 spiro atoms. The summed E-state index contributed by atoms with van der Waals surface area (Å²) in [6.07, 6.45) is 9.06. The van der Waals surface area contributed by atoms with Crippen molar-refractivity contribution in [1.82, 2.24) is 20.0 Å². The molecule has 1 fully saturated rings. The van der Waals surface area contributed by atoms with Crippen LogP contribution in [0.5, 0.6) is 0 Å². The van der Waals surface area contributed by atoms with E-state index < -0.39 is 0 Å². The van der Waals surface area contributed by atoms with Crippen molar-refractivity contribution in [2.75, 3.05) is 26.7 Å². The lowest BCUT2D eigenvalue weighted by atomic mass is 10.1. The van der Waals surface area contributed by atoms with Crippen LogP contribution in [0.1, 0.15) is 24.8 Å². The van der Waals surface area contributed by atoms with Crippen LogP contribution in [0.15, 0.2) is 12.4 Å². The van der Waals surface area contributed by atoms with Crippen LogP contribution in [0.4, 0.5) is 0 Å². The summed E-state index contributed by atoms with van der Waals surface area (Å²) in [6, 6.07) is 0.705. The van der Waals surface area contributed by atoms with Gasteiger partial charge in [0.25, 0.3) is 0 Å². The fourth-order valence-corrected chi connectivity index (χ4v) is 2.47. The maximum atomic E-state index is 4.19. The van der Waals surface area contributed by atoms with Crippen LogP contribution in [0, 0.1) is 0 Å². The van der Waals surface area contributed by atoms with Gasteiger partial charge in [0.1, 0.15) is 0 Å². The third-order valence-corrected chi connectivity index (χ3v) is 3.56. The summed E-state index contributed by atoms with van der Waals surface area (Å²) in [4.78, 5) is 2.43. The van der Waals surface area contributed by atoms with Crippen molar-refractivity contribution in [2.24, 2.45) is 7.05 Å². The minimum absolute atomic E-state index is 0.705. The van der Waals surface area contributed by atoms with Crippen LogP contribution in [-0.4, -0.2) is 47.4 Å². The van der Waals surface area contributed by atoms with Crippen molar-refractivity contribution in [3.8, 4) is 0 Å². The molecule has 0 aromatic carbocycles. The Morgan fingerprint density at radius 3 is 3.00 bits per heavy atom. The molecule has 4 heteroatoms. The Bertz CT molecular complexity index is 334. The molecule has 0 radical (unpaired) electrons. The quantitative estimate of drug-likeness (QED) is 0.848. The van der Waals surface area contributed by atoms with E-state index in [1.165, 1.54) is 37.9 Å². The maximum Gasteiger partial charge on any atom is 0.0522 e. The summed E-state index contributed by atoms with van der Waals surface area (Å²) in [5.41, 5.74) is 1.32. The van der Waals surface area contributed by atoms with Gasteiger partial charge < -0.3 is 10.2 Å². The Kier molecular flexibility index (Phi) is 4.57. The number of rotatable bonds is 4. The zero-order chi connectivity index (χ0) is 12.1. The van der Waals surface area contributed by atoms with Crippen LogP contribution in [0.25, 0.3) is 0 Å². The zero-order valence-electron chi connectivity index (χ0n) is 11.0. The number of hydrogen-bond acceptors (Lipinski definition) is 3. The SMILES string of the molecule is CN1CCCC(NCCc2cnn(C)c2)CC1. The lowest BCUT2D eigenvalue weighted by Gasteiger charge is -2.16. The molecular weight excluding hydrogens is 212 g/mol. The molecule has 0 aliphatic carbocycles. The predicted octanol–water partition coefficient (Wildman–Crippen LogP) is 1.04. The zero-order valence-corrected chi connectivity index (χ0v) is 11.0. The van der Waals surface area contributed by atoms with Gasteiger partial charge in [0.05, 0.1) is 6.20 Å². The molecule has 17 heavy (non-hydrogen) atoms. The van der Waals surface area contributed by atoms with Gasteiger partial charge in [0, 0.05) is 19.3 Å². The Balaban J connectivity index is 1.67. The molecule has 1 atom stereocenters. The van der Waals surface area contributed by atoms with Gasteiger partial charge in [0.2, 0.25) is 0 Å². The first-order chi connectivity index (χ1) is 8.24.